The van der Waals surface area contributed by atoms with E-state index in [-0.39, 0.29) is 17.9 Å². The van der Waals surface area contributed by atoms with Gasteiger partial charge in [0.25, 0.3) is 10.0 Å². The number of carboxylic acid groups (broad SMARTS) is 1. The maximum atomic E-state index is 13.1. The number of nitrogens with one attached hydrogen (secondary N) is 1. The summed E-state index contributed by atoms with van der Waals surface area (Å²) in [6.07, 6.45) is 0.367. The third-order valence-corrected chi connectivity index (χ3v) is 5.96. The molecule has 1 atom stereocenters. The van der Waals surface area contributed by atoms with Crippen molar-refractivity contribution in [3.05, 3.63) is 66.2 Å². The first-order valence-electron chi connectivity index (χ1n) is 9.88. The number of carbonyl (C=O) groups is 1. The summed E-state index contributed by atoms with van der Waals surface area (Å²) in [5.74, 6) is 0. The molecule has 1 amide bonds. The summed E-state index contributed by atoms with van der Waals surface area (Å²) in [5.41, 5.74) is 0.358. The van der Waals surface area contributed by atoms with Crippen LogP contribution < -0.4 is 5.32 Å². The second-order valence-corrected chi connectivity index (χ2v) is 9.84. The number of rotatable bonds is 10. The van der Waals surface area contributed by atoms with Gasteiger partial charge in [-0.05, 0) is 57.7 Å². The number of sulfonamides is 1. The van der Waals surface area contributed by atoms with Gasteiger partial charge in [0, 0.05) is 12.6 Å². The highest BCUT2D eigenvalue weighted by Crippen LogP contribution is 2.21. The SMILES string of the molecule is CC(C)(C)ON(CC[C@H](CCc1ccccc1)NC(=O)O)S(=O)(=O)c1ccccc1. The largest absolute Gasteiger partial charge is 0.465 e. The lowest BCUT2D eigenvalue weighted by Gasteiger charge is -2.30. The van der Waals surface area contributed by atoms with Gasteiger partial charge in [-0.15, -0.1) is 0 Å². The summed E-state index contributed by atoms with van der Waals surface area (Å²) in [5, 5.41) is 11.7. The molecule has 8 heteroatoms. The van der Waals surface area contributed by atoms with Gasteiger partial charge in [-0.1, -0.05) is 53.0 Å². The Labute approximate surface area is 178 Å². The predicted octanol–water partition coefficient (Wildman–Crippen LogP) is 4.07. The van der Waals surface area contributed by atoms with Crippen molar-refractivity contribution in [1.82, 2.24) is 9.79 Å². The molecule has 0 heterocycles. The average molecular weight is 435 g/mol. The maximum Gasteiger partial charge on any atom is 0.404 e. The van der Waals surface area contributed by atoms with Gasteiger partial charge in [-0.25, -0.2) is 13.2 Å². The molecule has 2 N–H and O–H groups in total. The Morgan fingerprint density at radius 3 is 2.13 bits per heavy atom. The number of amides is 1. The molecule has 7 nitrogen and oxygen atoms in total. The summed E-state index contributed by atoms with van der Waals surface area (Å²) in [6.45, 7) is 5.32. The molecule has 0 aliphatic rings. The zero-order valence-electron chi connectivity index (χ0n) is 17.6. The Balaban J connectivity index is 2.14. The van der Waals surface area contributed by atoms with Crippen molar-refractivity contribution in [2.45, 2.75) is 56.6 Å². The molecular formula is C22H30N2O5S. The van der Waals surface area contributed by atoms with Crippen LogP contribution in [0.3, 0.4) is 0 Å². The van der Waals surface area contributed by atoms with Crippen LogP contribution in [0.4, 0.5) is 4.79 Å². The first-order valence-corrected chi connectivity index (χ1v) is 11.3. The number of nitrogens with zero attached hydrogens (tertiary/aromatic N) is 1. The zero-order chi connectivity index (χ0) is 22.2. The van der Waals surface area contributed by atoms with Crippen LogP contribution in [0.5, 0.6) is 0 Å². The van der Waals surface area contributed by atoms with Gasteiger partial charge in [0.1, 0.15) is 0 Å². The van der Waals surface area contributed by atoms with Crippen molar-refractivity contribution in [3.63, 3.8) is 0 Å². The number of hydrogen-bond donors (Lipinski definition) is 2. The first kappa shape index (κ1) is 23.9. The van der Waals surface area contributed by atoms with Crippen LogP contribution in [0.1, 0.15) is 39.2 Å². The third kappa shape index (κ3) is 7.78. The minimum Gasteiger partial charge on any atom is -0.465 e. The van der Waals surface area contributed by atoms with E-state index in [2.05, 4.69) is 5.32 Å². The van der Waals surface area contributed by atoms with Gasteiger partial charge >= 0.3 is 6.09 Å². The number of hydroxylamine groups is 1. The van der Waals surface area contributed by atoms with Crippen molar-refractivity contribution >= 4 is 16.1 Å². The summed E-state index contributed by atoms with van der Waals surface area (Å²) in [4.78, 5) is 17.1. The summed E-state index contributed by atoms with van der Waals surface area (Å²) >= 11 is 0. The summed E-state index contributed by atoms with van der Waals surface area (Å²) in [7, 11) is -3.89. The number of benzene rings is 2. The second-order valence-electron chi connectivity index (χ2n) is 8.01. The van der Waals surface area contributed by atoms with E-state index in [1.807, 2.05) is 30.3 Å². The molecule has 2 rings (SSSR count). The quantitative estimate of drug-likeness (QED) is 0.550. The van der Waals surface area contributed by atoms with Crippen molar-refractivity contribution in [3.8, 4) is 0 Å². The van der Waals surface area contributed by atoms with Gasteiger partial charge in [0.15, 0.2) is 0 Å². The van der Waals surface area contributed by atoms with E-state index >= 15 is 0 Å². The van der Waals surface area contributed by atoms with Gasteiger partial charge in [-0.2, -0.15) is 0 Å². The van der Waals surface area contributed by atoms with Crippen LogP contribution in [0, 0.1) is 0 Å². The fourth-order valence-electron chi connectivity index (χ4n) is 2.94. The molecule has 164 valence electrons. The lowest BCUT2D eigenvalue weighted by Crippen LogP contribution is -2.42. The molecule has 0 radical (unpaired) electrons. The molecule has 2 aromatic carbocycles. The molecule has 0 aliphatic heterocycles. The van der Waals surface area contributed by atoms with Crippen LogP contribution in [0.15, 0.2) is 65.6 Å². The Bertz CT molecular complexity index is 896. The normalized spacial score (nSPS) is 13.2. The van der Waals surface area contributed by atoms with Gasteiger partial charge in [0.2, 0.25) is 0 Å². The topological polar surface area (TPSA) is 95.9 Å². The van der Waals surface area contributed by atoms with E-state index in [0.29, 0.717) is 12.8 Å². The van der Waals surface area contributed by atoms with Crippen LogP contribution in [0.2, 0.25) is 0 Å². The van der Waals surface area contributed by atoms with E-state index in [1.54, 1.807) is 39.0 Å². The standard InChI is InChI=1S/C22H30N2O5S/c1-22(2,3)29-24(30(27,28)20-12-8-5-9-13-20)17-16-19(23-21(25)26)15-14-18-10-6-4-7-11-18/h4-13,19,23H,14-17H2,1-3H3,(H,25,26)/t19-/m0/s1. The molecule has 0 fully saturated rings. The Kier molecular flexibility index (Phi) is 8.40. The van der Waals surface area contributed by atoms with Crippen molar-refractivity contribution < 1.29 is 23.2 Å². The second kappa shape index (κ2) is 10.6. The Morgan fingerprint density at radius 2 is 1.60 bits per heavy atom. The molecule has 0 unspecified atom stereocenters. The highest BCUT2D eigenvalue weighted by atomic mass is 32.2. The van der Waals surface area contributed by atoms with E-state index in [1.165, 1.54) is 12.1 Å². The van der Waals surface area contributed by atoms with Gasteiger partial charge < -0.3 is 10.4 Å². The average Bonchev–Trinajstić information content (AvgIpc) is 2.69. The lowest BCUT2D eigenvalue weighted by molar-refractivity contribution is -0.170. The molecule has 0 saturated carbocycles. The lowest BCUT2D eigenvalue weighted by atomic mass is 10.0. The first-order chi connectivity index (χ1) is 14.1. The molecule has 0 spiro atoms. The van der Waals surface area contributed by atoms with Crippen LogP contribution >= 0.6 is 0 Å². The monoisotopic (exact) mass is 434 g/mol. The molecule has 0 bridgehead atoms. The molecule has 0 aliphatic carbocycles. The fourth-order valence-corrected chi connectivity index (χ4v) is 4.34. The van der Waals surface area contributed by atoms with Crippen molar-refractivity contribution in [1.29, 1.82) is 0 Å². The van der Waals surface area contributed by atoms with E-state index < -0.39 is 27.8 Å². The maximum absolute atomic E-state index is 13.1. The van der Waals surface area contributed by atoms with Crippen LogP contribution in [-0.2, 0) is 21.3 Å². The fraction of sp³-hybridized carbons (Fsp3) is 0.409. The molecule has 2 aromatic rings. The smallest absolute Gasteiger partial charge is 0.404 e. The Hall–Kier alpha value is -2.42. The van der Waals surface area contributed by atoms with Crippen LogP contribution in [0.25, 0.3) is 0 Å². The molecule has 0 saturated heterocycles. The Morgan fingerprint density at radius 1 is 1.03 bits per heavy atom. The highest BCUT2D eigenvalue weighted by Gasteiger charge is 2.30. The van der Waals surface area contributed by atoms with E-state index in [0.717, 1.165) is 10.0 Å². The molecular weight excluding hydrogens is 404 g/mol. The van der Waals surface area contributed by atoms with Gasteiger partial charge in [-0.3, -0.25) is 4.84 Å². The minimum atomic E-state index is -3.89. The van der Waals surface area contributed by atoms with E-state index in [9.17, 15) is 18.3 Å². The minimum absolute atomic E-state index is 0.0221. The number of aryl methyl sites for hydroxylation is 1. The summed E-state index contributed by atoms with van der Waals surface area (Å²) in [6, 6.07) is 17.4. The zero-order valence-corrected chi connectivity index (χ0v) is 18.4. The van der Waals surface area contributed by atoms with Crippen molar-refractivity contribution in [2.75, 3.05) is 6.54 Å². The highest BCUT2D eigenvalue weighted by molar-refractivity contribution is 7.89. The van der Waals surface area contributed by atoms with Crippen molar-refractivity contribution in [2.24, 2.45) is 0 Å². The molecule has 30 heavy (non-hydrogen) atoms. The van der Waals surface area contributed by atoms with Gasteiger partial charge in [0.05, 0.1) is 10.5 Å². The summed E-state index contributed by atoms with van der Waals surface area (Å²) < 4.78 is 27.2. The number of hydrogen-bond acceptors (Lipinski definition) is 4. The van der Waals surface area contributed by atoms with Crippen LogP contribution in [-0.4, -0.2) is 42.3 Å². The predicted molar refractivity (Wildman–Crippen MR) is 116 cm³/mol. The van der Waals surface area contributed by atoms with E-state index in [4.69, 9.17) is 4.84 Å². The molecule has 0 aromatic heterocycles. The third-order valence-electron chi connectivity index (χ3n) is 4.30.